The monoisotopic (exact) mass is 319 g/mol. The van der Waals surface area contributed by atoms with Crippen LogP contribution in [-0.2, 0) is 10.3 Å². The van der Waals surface area contributed by atoms with Gasteiger partial charge in [-0.25, -0.2) is 0 Å². The zero-order valence-corrected chi connectivity index (χ0v) is 12.3. The van der Waals surface area contributed by atoms with Crippen LogP contribution in [0.5, 0.6) is 0 Å². The van der Waals surface area contributed by atoms with Crippen molar-refractivity contribution >= 4 is 33.5 Å². The van der Waals surface area contributed by atoms with Gasteiger partial charge in [0.25, 0.3) is 0 Å². The largest absolute Gasteiger partial charge is 0.481 e. The third kappa shape index (κ3) is 3.21. The van der Waals surface area contributed by atoms with Gasteiger partial charge in [0.1, 0.15) is 0 Å². The molecule has 3 nitrogen and oxygen atoms in total. The number of halogens is 2. The molecule has 0 bridgehead atoms. The maximum Gasteiger partial charge on any atom is 0.305 e. The van der Waals surface area contributed by atoms with Gasteiger partial charge < -0.3 is 5.11 Å². The summed E-state index contributed by atoms with van der Waals surface area (Å²) in [7, 11) is 3.70. The lowest BCUT2D eigenvalue weighted by Crippen LogP contribution is -2.40. The average Bonchev–Trinajstić information content (AvgIpc) is 2.15. The Morgan fingerprint density at radius 3 is 2.53 bits per heavy atom. The Labute approximate surface area is 115 Å². The van der Waals surface area contributed by atoms with Crippen molar-refractivity contribution in [3.63, 3.8) is 0 Å². The van der Waals surface area contributed by atoms with E-state index in [1.54, 1.807) is 6.07 Å². The first-order chi connectivity index (χ1) is 7.77. The minimum atomic E-state index is -0.847. The van der Waals surface area contributed by atoms with Gasteiger partial charge in [0, 0.05) is 9.50 Å². The lowest BCUT2D eigenvalue weighted by Gasteiger charge is -2.36. The van der Waals surface area contributed by atoms with E-state index in [9.17, 15) is 4.79 Å². The number of carboxylic acid groups (broad SMARTS) is 1. The van der Waals surface area contributed by atoms with E-state index < -0.39 is 11.5 Å². The lowest BCUT2D eigenvalue weighted by molar-refractivity contribution is -0.140. The molecule has 1 N–H and O–H groups in total. The molecule has 0 aromatic heterocycles. The molecule has 17 heavy (non-hydrogen) atoms. The van der Waals surface area contributed by atoms with Crippen molar-refractivity contribution in [2.45, 2.75) is 18.9 Å². The van der Waals surface area contributed by atoms with E-state index in [1.807, 2.05) is 38.1 Å². The van der Waals surface area contributed by atoms with E-state index in [1.165, 1.54) is 0 Å². The zero-order valence-electron chi connectivity index (χ0n) is 10.00. The highest BCUT2D eigenvalue weighted by Gasteiger charge is 2.33. The standard InChI is InChI=1S/C12H15BrClNO2/c1-12(15(2)3,7-11(16)17)9-5-4-8(13)6-10(9)14/h4-6H,7H2,1-3H3,(H,16,17). The maximum absolute atomic E-state index is 11.0. The molecule has 94 valence electrons. The Hall–Kier alpha value is -0.580. The third-order valence-electron chi connectivity index (χ3n) is 2.99. The van der Waals surface area contributed by atoms with Crippen LogP contribution < -0.4 is 0 Å². The molecular formula is C12H15BrClNO2. The van der Waals surface area contributed by atoms with Crippen LogP contribution >= 0.6 is 27.5 Å². The smallest absolute Gasteiger partial charge is 0.305 e. The Morgan fingerprint density at radius 2 is 2.12 bits per heavy atom. The molecule has 1 unspecified atom stereocenters. The summed E-state index contributed by atoms with van der Waals surface area (Å²) < 4.78 is 0.877. The van der Waals surface area contributed by atoms with Gasteiger partial charge in [-0.3, -0.25) is 9.69 Å². The van der Waals surface area contributed by atoms with Gasteiger partial charge in [0.2, 0.25) is 0 Å². The molecule has 0 spiro atoms. The second-order valence-electron chi connectivity index (χ2n) is 4.36. The molecule has 5 heteroatoms. The first kappa shape index (κ1) is 14.5. The fraction of sp³-hybridized carbons (Fsp3) is 0.417. The minimum Gasteiger partial charge on any atom is -0.481 e. The van der Waals surface area contributed by atoms with Crippen LogP contribution in [0.15, 0.2) is 22.7 Å². The Kier molecular flexibility index (Phi) is 4.58. The van der Waals surface area contributed by atoms with Gasteiger partial charge in [0.05, 0.1) is 12.0 Å². The summed E-state index contributed by atoms with van der Waals surface area (Å²) >= 11 is 9.53. The number of benzene rings is 1. The molecule has 0 saturated heterocycles. The zero-order chi connectivity index (χ0) is 13.2. The summed E-state index contributed by atoms with van der Waals surface area (Å²) in [6.45, 7) is 1.87. The van der Waals surface area contributed by atoms with Crippen molar-refractivity contribution in [2.24, 2.45) is 0 Å². The average molecular weight is 321 g/mol. The third-order valence-corrected chi connectivity index (χ3v) is 3.80. The first-order valence-corrected chi connectivity index (χ1v) is 6.29. The number of aliphatic carboxylic acids is 1. The van der Waals surface area contributed by atoms with Crippen LogP contribution in [0, 0.1) is 0 Å². The van der Waals surface area contributed by atoms with Crippen molar-refractivity contribution in [3.05, 3.63) is 33.3 Å². The van der Waals surface area contributed by atoms with Crippen LogP contribution in [0.2, 0.25) is 5.02 Å². The van der Waals surface area contributed by atoms with E-state index in [-0.39, 0.29) is 6.42 Å². The maximum atomic E-state index is 11.0. The van der Waals surface area contributed by atoms with Crippen LogP contribution in [-0.4, -0.2) is 30.1 Å². The highest BCUT2D eigenvalue weighted by Crippen LogP contribution is 2.36. The predicted molar refractivity (Wildman–Crippen MR) is 72.4 cm³/mol. The fourth-order valence-corrected chi connectivity index (χ4v) is 2.59. The topological polar surface area (TPSA) is 40.5 Å². The Bertz CT molecular complexity index is 437. The number of carboxylic acids is 1. The van der Waals surface area contributed by atoms with E-state index in [4.69, 9.17) is 16.7 Å². The number of hydrogen-bond donors (Lipinski definition) is 1. The van der Waals surface area contributed by atoms with E-state index in [2.05, 4.69) is 15.9 Å². The fourth-order valence-electron chi connectivity index (χ4n) is 1.71. The second kappa shape index (κ2) is 5.38. The molecule has 0 saturated carbocycles. The molecule has 0 aliphatic heterocycles. The van der Waals surface area contributed by atoms with Crippen molar-refractivity contribution in [2.75, 3.05) is 14.1 Å². The predicted octanol–water partition coefficient (Wildman–Crippen LogP) is 3.35. The van der Waals surface area contributed by atoms with Crippen molar-refractivity contribution in [3.8, 4) is 0 Å². The van der Waals surface area contributed by atoms with Crippen LogP contribution in [0.3, 0.4) is 0 Å². The van der Waals surface area contributed by atoms with Gasteiger partial charge in [-0.15, -0.1) is 0 Å². The van der Waals surface area contributed by atoms with Crippen molar-refractivity contribution in [1.82, 2.24) is 4.90 Å². The van der Waals surface area contributed by atoms with E-state index in [0.717, 1.165) is 10.0 Å². The summed E-state index contributed by atoms with van der Waals surface area (Å²) in [4.78, 5) is 12.9. The molecule has 1 rings (SSSR count). The number of carbonyl (C=O) groups is 1. The molecule has 1 aromatic rings. The van der Waals surface area contributed by atoms with Gasteiger partial charge in [0.15, 0.2) is 0 Å². The summed E-state index contributed by atoms with van der Waals surface area (Å²) in [5.74, 6) is -0.847. The SMILES string of the molecule is CN(C)C(C)(CC(=O)O)c1ccc(Br)cc1Cl. The summed E-state index contributed by atoms with van der Waals surface area (Å²) in [5.41, 5.74) is 0.193. The van der Waals surface area contributed by atoms with Gasteiger partial charge >= 0.3 is 5.97 Å². The van der Waals surface area contributed by atoms with Gasteiger partial charge in [-0.05, 0) is 38.7 Å². The summed E-state index contributed by atoms with van der Waals surface area (Å²) in [6, 6.07) is 5.50. The van der Waals surface area contributed by atoms with E-state index >= 15 is 0 Å². The highest BCUT2D eigenvalue weighted by molar-refractivity contribution is 9.10. The molecular weight excluding hydrogens is 305 g/mol. The molecule has 0 aliphatic rings. The molecule has 0 fully saturated rings. The Balaban J connectivity index is 3.27. The quantitative estimate of drug-likeness (QED) is 0.925. The molecule has 1 aromatic carbocycles. The second-order valence-corrected chi connectivity index (χ2v) is 5.69. The van der Waals surface area contributed by atoms with E-state index in [0.29, 0.717) is 5.02 Å². The summed E-state index contributed by atoms with van der Waals surface area (Å²) in [5, 5.41) is 9.59. The Morgan fingerprint density at radius 1 is 1.53 bits per heavy atom. The van der Waals surface area contributed by atoms with Gasteiger partial charge in [-0.1, -0.05) is 33.6 Å². The summed E-state index contributed by atoms with van der Waals surface area (Å²) in [6.07, 6.45) is 0.00134. The number of hydrogen-bond acceptors (Lipinski definition) is 2. The minimum absolute atomic E-state index is 0.00134. The number of nitrogens with zero attached hydrogens (tertiary/aromatic N) is 1. The molecule has 0 aliphatic carbocycles. The van der Waals surface area contributed by atoms with Gasteiger partial charge in [-0.2, -0.15) is 0 Å². The van der Waals surface area contributed by atoms with Crippen molar-refractivity contribution in [1.29, 1.82) is 0 Å². The number of rotatable bonds is 4. The molecule has 0 heterocycles. The lowest BCUT2D eigenvalue weighted by atomic mass is 9.87. The molecule has 1 atom stereocenters. The molecule has 0 amide bonds. The van der Waals surface area contributed by atoms with Crippen LogP contribution in [0.1, 0.15) is 18.9 Å². The molecule has 0 radical (unpaired) electrons. The van der Waals surface area contributed by atoms with Crippen molar-refractivity contribution < 1.29 is 9.90 Å². The van der Waals surface area contributed by atoms with Crippen LogP contribution in [0.25, 0.3) is 0 Å². The first-order valence-electron chi connectivity index (χ1n) is 5.12. The normalized spacial score (nSPS) is 14.7. The highest BCUT2D eigenvalue weighted by atomic mass is 79.9. The van der Waals surface area contributed by atoms with Crippen LogP contribution in [0.4, 0.5) is 0 Å².